The third kappa shape index (κ3) is 1.64. The van der Waals surface area contributed by atoms with Gasteiger partial charge in [-0.2, -0.15) is 0 Å². The van der Waals surface area contributed by atoms with Crippen LogP contribution in [-0.2, 0) is 4.74 Å². The van der Waals surface area contributed by atoms with Crippen molar-refractivity contribution in [3.05, 3.63) is 0 Å². The molecule has 0 aromatic rings. The van der Waals surface area contributed by atoms with Crippen molar-refractivity contribution < 1.29 is 4.74 Å². The smallest absolute Gasteiger partial charge is 0.0834 e. The first kappa shape index (κ1) is 6.99. The molecule has 54 valence electrons. The normalized spacial score (nSPS) is 30.7. The molecule has 3 nitrogen and oxygen atoms in total. The molecule has 1 unspecified atom stereocenters. The third-order valence-electron chi connectivity index (χ3n) is 1.73. The molecular formula is C6H14N2O. The predicted molar refractivity (Wildman–Crippen MR) is 36.3 cm³/mol. The minimum absolute atomic E-state index is 0.416. The molecule has 1 N–H and O–H groups in total. The topological polar surface area (TPSA) is 24.5 Å². The van der Waals surface area contributed by atoms with Crippen molar-refractivity contribution >= 4 is 0 Å². The lowest BCUT2D eigenvalue weighted by Gasteiger charge is -2.31. The highest BCUT2D eigenvalue weighted by Crippen LogP contribution is 1.98. The van der Waals surface area contributed by atoms with Crippen molar-refractivity contribution in [2.45, 2.75) is 6.17 Å². The minimum Gasteiger partial charge on any atom is -0.377 e. The van der Waals surface area contributed by atoms with Crippen LogP contribution >= 0.6 is 0 Å². The Labute approximate surface area is 56.0 Å². The number of nitrogens with zero attached hydrogens (tertiary/aromatic N) is 1. The summed E-state index contributed by atoms with van der Waals surface area (Å²) in [7, 11) is 4.06. The fourth-order valence-electron chi connectivity index (χ4n) is 0.990. The molecule has 0 radical (unpaired) electrons. The summed E-state index contributed by atoms with van der Waals surface area (Å²) in [6, 6.07) is 0. The summed E-state index contributed by atoms with van der Waals surface area (Å²) in [6.45, 7) is 2.72. The van der Waals surface area contributed by atoms with Crippen LogP contribution in [0.5, 0.6) is 0 Å². The Bertz CT molecular complexity index is 87.1. The molecule has 0 spiro atoms. The van der Waals surface area contributed by atoms with Crippen LogP contribution in [0, 0.1) is 0 Å². The maximum absolute atomic E-state index is 5.24. The van der Waals surface area contributed by atoms with Gasteiger partial charge in [-0.3, -0.25) is 4.90 Å². The number of rotatable bonds is 1. The minimum atomic E-state index is 0.416. The molecule has 1 atom stereocenters. The Morgan fingerprint density at radius 1 is 1.67 bits per heavy atom. The van der Waals surface area contributed by atoms with Crippen LogP contribution < -0.4 is 5.32 Å². The Balaban J connectivity index is 2.30. The van der Waals surface area contributed by atoms with E-state index in [-0.39, 0.29) is 0 Å². The molecule has 0 aliphatic carbocycles. The lowest BCUT2D eigenvalue weighted by Crippen LogP contribution is -2.50. The molecule has 0 amide bonds. The molecule has 0 aromatic carbocycles. The Kier molecular flexibility index (Phi) is 2.45. The summed E-state index contributed by atoms with van der Waals surface area (Å²) < 4.78 is 5.24. The van der Waals surface area contributed by atoms with Crippen LogP contribution in [0.15, 0.2) is 0 Å². The fourth-order valence-corrected chi connectivity index (χ4v) is 0.990. The third-order valence-corrected chi connectivity index (χ3v) is 1.73. The molecule has 0 aromatic heterocycles. The molecule has 1 fully saturated rings. The Morgan fingerprint density at radius 3 is 2.89 bits per heavy atom. The van der Waals surface area contributed by atoms with E-state index in [1.54, 1.807) is 0 Å². The standard InChI is InChI=1S/C6H14N2O/c1-7-6-5-9-4-3-8(6)2/h6-7H,3-5H2,1-2H3. The average Bonchev–Trinajstić information content (AvgIpc) is 1.89. The molecule has 1 saturated heterocycles. The zero-order valence-electron chi connectivity index (χ0n) is 6.05. The highest BCUT2D eigenvalue weighted by Gasteiger charge is 2.16. The van der Waals surface area contributed by atoms with E-state index >= 15 is 0 Å². The first-order valence-electron chi connectivity index (χ1n) is 3.30. The van der Waals surface area contributed by atoms with Crippen molar-refractivity contribution in [2.75, 3.05) is 33.9 Å². The van der Waals surface area contributed by atoms with Crippen LogP contribution in [0.1, 0.15) is 0 Å². The van der Waals surface area contributed by atoms with E-state index in [4.69, 9.17) is 4.74 Å². The SMILES string of the molecule is CNC1COCCN1C. The van der Waals surface area contributed by atoms with Crippen molar-refractivity contribution in [1.82, 2.24) is 10.2 Å². The number of hydrogen-bond donors (Lipinski definition) is 1. The van der Waals surface area contributed by atoms with Gasteiger partial charge in [0.15, 0.2) is 0 Å². The molecule has 1 aliphatic rings. The van der Waals surface area contributed by atoms with Crippen molar-refractivity contribution in [2.24, 2.45) is 0 Å². The van der Waals surface area contributed by atoms with Gasteiger partial charge in [0, 0.05) is 6.54 Å². The number of hydrogen-bond acceptors (Lipinski definition) is 3. The van der Waals surface area contributed by atoms with Gasteiger partial charge in [0.1, 0.15) is 0 Å². The van der Waals surface area contributed by atoms with Gasteiger partial charge in [-0.1, -0.05) is 0 Å². The average molecular weight is 130 g/mol. The zero-order valence-corrected chi connectivity index (χ0v) is 6.05. The van der Waals surface area contributed by atoms with E-state index in [2.05, 4.69) is 17.3 Å². The molecule has 1 heterocycles. The molecular weight excluding hydrogens is 116 g/mol. The summed E-state index contributed by atoms with van der Waals surface area (Å²) in [5, 5.41) is 3.15. The van der Waals surface area contributed by atoms with E-state index in [0.29, 0.717) is 6.17 Å². The van der Waals surface area contributed by atoms with Crippen molar-refractivity contribution in [3.8, 4) is 0 Å². The lowest BCUT2D eigenvalue weighted by atomic mass is 10.4. The number of morpholine rings is 1. The first-order valence-corrected chi connectivity index (χ1v) is 3.30. The number of likely N-dealkylation sites (N-methyl/N-ethyl adjacent to an activating group) is 2. The van der Waals surface area contributed by atoms with Gasteiger partial charge in [-0.05, 0) is 14.1 Å². The van der Waals surface area contributed by atoms with E-state index in [0.717, 1.165) is 19.8 Å². The lowest BCUT2D eigenvalue weighted by molar-refractivity contribution is -0.00412. The number of nitrogens with one attached hydrogen (secondary N) is 1. The van der Waals surface area contributed by atoms with E-state index in [9.17, 15) is 0 Å². The summed E-state index contributed by atoms with van der Waals surface area (Å²) in [6.07, 6.45) is 0.416. The summed E-state index contributed by atoms with van der Waals surface area (Å²) in [5.41, 5.74) is 0. The van der Waals surface area contributed by atoms with Crippen LogP contribution in [0.2, 0.25) is 0 Å². The van der Waals surface area contributed by atoms with E-state index in [1.165, 1.54) is 0 Å². The zero-order chi connectivity index (χ0) is 6.69. The largest absolute Gasteiger partial charge is 0.377 e. The van der Waals surface area contributed by atoms with Gasteiger partial charge in [0.2, 0.25) is 0 Å². The fraction of sp³-hybridized carbons (Fsp3) is 1.00. The summed E-state index contributed by atoms with van der Waals surface area (Å²) in [4.78, 5) is 2.25. The summed E-state index contributed by atoms with van der Waals surface area (Å²) >= 11 is 0. The predicted octanol–water partition coefficient (Wildman–Crippen LogP) is -0.506. The van der Waals surface area contributed by atoms with Gasteiger partial charge in [0.05, 0.1) is 19.4 Å². The highest BCUT2D eigenvalue weighted by atomic mass is 16.5. The van der Waals surface area contributed by atoms with E-state index in [1.807, 2.05) is 7.05 Å². The van der Waals surface area contributed by atoms with Crippen molar-refractivity contribution in [1.29, 1.82) is 0 Å². The molecule has 1 rings (SSSR count). The van der Waals surface area contributed by atoms with Gasteiger partial charge in [-0.25, -0.2) is 0 Å². The summed E-state index contributed by atoms with van der Waals surface area (Å²) in [5.74, 6) is 0. The molecule has 1 aliphatic heterocycles. The Morgan fingerprint density at radius 2 is 2.44 bits per heavy atom. The second-order valence-electron chi connectivity index (χ2n) is 2.36. The maximum Gasteiger partial charge on any atom is 0.0834 e. The second kappa shape index (κ2) is 3.15. The van der Waals surface area contributed by atoms with Gasteiger partial charge in [0.25, 0.3) is 0 Å². The first-order chi connectivity index (χ1) is 4.34. The van der Waals surface area contributed by atoms with Crippen LogP contribution in [0.4, 0.5) is 0 Å². The van der Waals surface area contributed by atoms with Crippen LogP contribution in [-0.4, -0.2) is 44.9 Å². The maximum atomic E-state index is 5.24. The number of ether oxygens (including phenoxy) is 1. The highest BCUT2D eigenvalue weighted by molar-refractivity contribution is 4.67. The monoisotopic (exact) mass is 130 g/mol. The molecule has 3 heteroatoms. The second-order valence-corrected chi connectivity index (χ2v) is 2.36. The van der Waals surface area contributed by atoms with Crippen LogP contribution in [0.3, 0.4) is 0 Å². The quantitative estimate of drug-likeness (QED) is 0.517. The van der Waals surface area contributed by atoms with Crippen molar-refractivity contribution in [3.63, 3.8) is 0 Å². The van der Waals surface area contributed by atoms with Gasteiger partial charge >= 0.3 is 0 Å². The molecule has 9 heavy (non-hydrogen) atoms. The van der Waals surface area contributed by atoms with Gasteiger partial charge in [-0.15, -0.1) is 0 Å². The van der Waals surface area contributed by atoms with Gasteiger partial charge < -0.3 is 10.1 Å². The molecule has 0 saturated carbocycles. The molecule has 0 bridgehead atoms. The van der Waals surface area contributed by atoms with E-state index < -0.39 is 0 Å². The Hall–Kier alpha value is -0.120. The van der Waals surface area contributed by atoms with Crippen LogP contribution in [0.25, 0.3) is 0 Å².